The number of benzene rings is 1. The Balaban J connectivity index is 2.43. The van der Waals surface area contributed by atoms with Crippen molar-refractivity contribution in [2.45, 2.75) is 51.0 Å². The topological polar surface area (TPSA) is 43.4 Å². The van der Waals surface area contributed by atoms with Crippen LogP contribution in [0.15, 0.2) is 39.8 Å². The first-order valence-corrected chi connectivity index (χ1v) is 8.14. The van der Waals surface area contributed by atoms with Crippen LogP contribution in [0.3, 0.4) is 0 Å². The highest BCUT2D eigenvalue weighted by Gasteiger charge is 2.32. The van der Waals surface area contributed by atoms with Gasteiger partial charge in [0.25, 0.3) is 0 Å². The Hall–Kier alpha value is -1.29. The first kappa shape index (κ1) is 14.1. The lowest BCUT2D eigenvalue weighted by Crippen LogP contribution is -2.06. The van der Waals surface area contributed by atoms with Crippen LogP contribution in [0.25, 0.3) is 0 Å². The SMILES string of the molecule is CCCC1=C(S(=O)(=O)c2ccc(C)cc2)C[C@H](C)O1. The van der Waals surface area contributed by atoms with Crippen LogP contribution in [-0.4, -0.2) is 14.5 Å². The third-order valence-corrected chi connectivity index (χ3v) is 5.20. The highest BCUT2D eigenvalue weighted by Crippen LogP contribution is 2.35. The highest BCUT2D eigenvalue weighted by atomic mass is 32.2. The van der Waals surface area contributed by atoms with Crippen LogP contribution in [0.2, 0.25) is 0 Å². The fourth-order valence-electron chi connectivity index (χ4n) is 2.27. The Kier molecular flexibility index (Phi) is 3.99. The van der Waals surface area contributed by atoms with Crippen molar-refractivity contribution in [3.63, 3.8) is 0 Å². The minimum Gasteiger partial charge on any atom is -0.494 e. The van der Waals surface area contributed by atoms with Gasteiger partial charge in [0.15, 0.2) is 0 Å². The van der Waals surface area contributed by atoms with Gasteiger partial charge in [-0.2, -0.15) is 0 Å². The lowest BCUT2D eigenvalue weighted by atomic mass is 10.2. The zero-order valence-corrected chi connectivity index (χ0v) is 12.5. The molecule has 4 heteroatoms. The zero-order valence-electron chi connectivity index (χ0n) is 11.6. The van der Waals surface area contributed by atoms with Crippen molar-refractivity contribution in [1.82, 2.24) is 0 Å². The number of aryl methyl sites for hydroxylation is 1. The third-order valence-electron chi connectivity index (χ3n) is 3.26. The average molecular weight is 280 g/mol. The summed E-state index contributed by atoms with van der Waals surface area (Å²) in [6.07, 6.45) is 2.00. The van der Waals surface area contributed by atoms with Gasteiger partial charge in [0.05, 0.1) is 9.80 Å². The summed E-state index contributed by atoms with van der Waals surface area (Å²) in [7, 11) is -3.41. The van der Waals surface area contributed by atoms with Crippen LogP contribution in [0.5, 0.6) is 0 Å². The maximum atomic E-state index is 12.6. The molecule has 0 unspecified atom stereocenters. The summed E-state index contributed by atoms with van der Waals surface area (Å²) in [4.78, 5) is 0.824. The van der Waals surface area contributed by atoms with Gasteiger partial charge in [-0.05, 0) is 32.4 Å². The monoisotopic (exact) mass is 280 g/mol. The van der Waals surface area contributed by atoms with Crippen molar-refractivity contribution < 1.29 is 13.2 Å². The molecule has 2 rings (SSSR count). The Bertz CT molecular complexity index is 582. The molecule has 0 aromatic heterocycles. The Morgan fingerprint density at radius 2 is 1.89 bits per heavy atom. The zero-order chi connectivity index (χ0) is 14.0. The molecule has 0 amide bonds. The van der Waals surface area contributed by atoms with Crippen LogP contribution < -0.4 is 0 Å². The molecular weight excluding hydrogens is 260 g/mol. The average Bonchev–Trinajstić information content (AvgIpc) is 2.72. The highest BCUT2D eigenvalue weighted by molar-refractivity contribution is 7.95. The Morgan fingerprint density at radius 3 is 2.47 bits per heavy atom. The number of rotatable bonds is 4. The van der Waals surface area contributed by atoms with E-state index in [1.807, 2.05) is 32.9 Å². The maximum Gasteiger partial charge on any atom is 0.206 e. The molecule has 0 radical (unpaired) electrons. The molecule has 3 nitrogen and oxygen atoms in total. The molecular formula is C15H20O3S. The molecule has 0 N–H and O–H groups in total. The van der Waals surface area contributed by atoms with Gasteiger partial charge in [0.2, 0.25) is 9.84 Å². The minimum absolute atomic E-state index is 0.0447. The first-order valence-electron chi connectivity index (χ1n) is 6.65. The fourth-order valence-corrected chi connectivity index (χ4v) is 3.95. The second-order valence-electron chi connectivity index (χ2n) is 5.05. The number of ether oxygens (including phenoxy) is 1. The predicted octanol–water partition coefficient (Wildman–Crippen LogP) is 3.59. The molecule has 1 atom stereocenters. The van der Waals surface area contributed by atoms with E-state index >= 15 is 0 Å². The Morgan fingerprint density at radius 1 is 1.26 bits per heavy atom. The van der Waals surface area contributed by atoms with E-state index in [4.69, 9.17) is 4.74 Å². The van der Waals surface area contributed by atoms with E-state index in [2.05, 4.69) is 0 Å². The molecule has 1 aliphatic rings. The summed E-state index contributed by atoms with van der Waals surface area (Å²) in [5.41, 5.74) is 1.05. The van der Waals surface area contributed by atoms with E-state index in [0.717, 1.165) is 12.0 Å². The van der Waals surface area contributed by atoms with Gasteiger partial charge in [-0.25, -0.2) is 8.42 Å². The number of allylic oxidation sites excluding steroid dienone is 1. The molecule has 19 heavy (non-hydrogen) atoms. The van der Waals surface area contributed by atoms with Crippen molar-refractivity contribution in [2.75, 3.05) is 0 Å². The van der Waals surface area contributed by atoms with E-state index < -0.39 is 9.84 Å². The van der Waals surface area contributed by atoms with Gasteiger partial charge in [-0.15, -0.1) is 0 Å². The van der Waals surface area contributed by atoms with Crippen LogP contribution in [0, 0.1) is 6.92 Å². The summed E-state index contributed by atoms with van der Waals surface area (Å²) in [6, 6.07) is 6.99. The minimum atomic E-state index is -3.41. The summed E-state index contributed by atoms with van der Waals surface area (Å²) >= 11 is 0. The molecule has 0 fully saturated rings. The molecule has 0 spiro atoms. The van der Waals surface area contributed by atoms with Gasteiger partial charge < -0.3 is 4.74 Å². The first-order chi connectivity index (χ1) is 8.95. The number of hydrogen-bond donors (Lipinski definition) is 0. The standard InChI is InChI=1S/C15H20O3S/c1-4-5-14-15(10-12(3)18-14)19(16,17)13-8-6-11(2)7-9-13/h6-9,12H,4-5,10H2,1-3H3/t12-/m0/s1. The summed E-state index contributed by atoms with van der Waals surface area (Å²) in [6.45, 7) is 5.88. The second-order valence-corrected chi connectivity index (χ2v) is 7.02. The summed E-state index contributed by atoms with van der Waals surface area (Å²) in [5.74, 6) is 0.649. The smallest absolute Gasteiger partial charge is 0.206 e. The molecule has 1 heterocycles. The van der Waals surface area contributed by atoms with Gasteiger partial charge in [0.1, 0.15) is 11.9 Å². The Labute approximate surface area is 115 Å². The van der Waals surface area contributed by atoms with Crippen LogP contribution in [0.4, 0.5) is 0 Å². The molecule has 1 aliphatic heterocycles. The lowest BCUT2D eigenvalue weighted by Gasteiger charge is -2.07. The molecule has 0 saturated carbocycles. The summed E-state index contributed by atoms with van der Waals surface area (Å²) in [5, 5.41) is 0. The third kappa shape index (κ3) is 2.84. The van der Waals surface area contributed by atoms with E-state index in [1.54, 1.807) is 12.1 Å². The van der Waals surface area contributed by atoms with Gasteiger partial charge >= 0.3 is 0 Å². The van der Waals surface area contributed by atoms with Crippen LogP contribution in [-0.2, 0) is 14.6 Å². The predicted molar refractivity (Wildman–Crippen MR) is 75.5 cm³/mol. The summed E-state index contributed by atoms with van der Waals surface area (Å²) < 4.78 is 30.9. The number of sulfone groups is 1. The van der Waals surface area contributed by atoms with Crippen LogP contribution in [0.1, 0.15) is 38.7 Å². The van der Waals surface area contributed by atoms with Gasteiger partial charge in [-0.1, -0.05) is 24.6 Å². The van der Waals surface area contributed by atoms with Gasteiger partial charge in [-0.3, -0.25) is 0 Å². The molecule has 104 valence electrons. The molecule has 0 bridgehead atoms. The van der Waals surface area contributed by atoms with Crippen molar-refractivity contribution in [3.05, 3.63) is 40.5 Å². The van der Waals surface area contributed by atoms with Crippen molar-refractivity contribution >= 4 is 9.84 Å². The van der Waals surface area contributed by atoms with E-state index in [1.165, 1.54) is 0 Å². The van der Waals surface area contributed by atoms with Crippen molar-refractivity contribution in [2.24, 2.45) is 0 Å². The maximum absolute atomic E-state index is 12.6. The lowest BCUT2D eigenvalue weighted by molar-refractivity contribution is 0.152. The quantitative estimate of drug-likeness (QED) is 0.846. The van der Waals surface area contributed by atoms with E-state index in [-0.39, 0.29) is 6.10 Å². The van der Waals surface area contributed by atoms with E-state index in [0.29, 0.717) is 28.4 Å². The largest absolute Gasteiger partial charge is 0.494 e. The number of hydrogen-bond acceptors (Lipinski definition) is 3. The fraction of sp³-hybridized carbons (Fsp3) is 0.467. The molecule has 1 aromatic carbocycles. The molecule has 0 aliphatic carbocycles. The van der Waals surface area contributed by atoms with Crippen LogP contribution >= 0.6 is 0 Å². The van der Waals surface area contributed by atoms with Crippen molar-refractivity contribution in [3.8, 4) is 0 Å². The van der Waals surface area contributed by atoms with Crippen molar-refractivity contribution in [1.29, 1.82) is 0 Å². The second kappa shape index (κ2) is 5.37. The van der Waals surface area contributed by atoms with Gasteiger partial charge in [0, 0.05) is 12.8 Å². The molecule has 1 aromatic rings. The normalized spacial score (nSPS) is 19.6. The molecule has 0 saturated heterocycles. The van der Waals surface area contributed by atoms with E-state index in [9.17, 15) is 8.42 Å².